The first-order valence-electron chi connectivity index (χ1n) is 9.72. The maximum absolute atomic E-state index is 13.2. The van der Waals surface area contributed by atoms with Crippen molar-refractivity contribution in [2.24, 2.45) is 0 Å². The van der Waals surface area contributed by atoms with Gasteiger partial charge in [0.2, 0.25) is 5.91 Å². The molecule has 0 bridgehead atoms. The average molecular weight is 431 g/mol. The van der Waals surface area contributed by atoms with Crippen LogP contribution >= 0.6 is 0 Å². The minimum atomic E-state index is -0.745. The summed E-state index contributed by atoms with van der Waals surface area (Å²) in [5, 5.41) is 17.5. The Morgan fingerprint density at radius 1 is 1.03 bits per heavy atom. The molecule has 9 heteroatoms. The number of urea groups is 1. The molecule has 1 heterocycles. The van der Waals surface area contributed by atoms with Gasteiger partial charge in [-0.05, 0) is 42.0 Å². The van der Waals surface area contributed by atoms with E-state index in [-0.39, 0.29) is 31.3 Å². The topological polar surface area (TPSA) is 99.7 Å². The van der Waals surface area contributed by atoms with Gasteiger partial charge in [-0.2, -0.15) is 0 Å². The molecule has 3 atom stereocenters. The number of carbonyl (C=O) groups is 2. The van der Waals surface area contributed by atoms with Crippen molar-refractivity contribution in [2.45, 2.75) is 31.2 Å². The fourth-order valence-electron chi connectivity index (χ4n) is 3.09. The Hall–Kier alpha value is -3.30. The second-order valence-corrected chi connectivity index (χ2v) is 7.02. The molecule has 7 nitrogen and oxygen atoms in total. The summed E-state index contributed by atoms with van der Waals surface area (Å²) in [6.07, 6.45) is 1.97. The first-order chi connectivity index (χ1) is 14.9. The molecule has 0 unspecified atom stereocenters. The average Bonchev–Trinajstić information content (AvgIpc) is 2.75. The van der Waals surface area contributed by atoms with Gasteiger partial charge in [-0.25, -0.2) is 13.6 Å². The Balaban J connectivity index is 1.49. The van der Waals surface area contributed by atoms with Crippen molar-refractivity contribution in [2.75, 3.05) is 11.9 Å². The maximum atomic E-state index is 13.2. The minimum Gasteiger partial charge on any atom is -0.394 e. The van der Waals surface area contributed by atoms with Crippen molar-refractivity contribution >= 4 is 17.6 Å². The van der Waals surface area contributed by atoms with E-state index in [1.54, 1.807) is 24.3 Å². The monoisotopic (exact) mass is 431 g/mol. The van der Waals surface area contributed by atoms with Crippen molar-refractivity contribution in [3.05, 3.63) is 77.9 Å². The first kappa shape index (κ1) is 22.4. The van der Waals surface area contributed by atoms with Crippen LogP contribution in [0.3, 0.4) is 0 Å². The van der Waals surface area contributed by atoms with Gasteiger partial charge in [0, 0.05) is 12.2 Å². The SMILES string of the molecule is O=C(C[C@@H]1C=C[C@H](NC(=O)Nc2ccc(F)cc2)[C@H](CO)O1)NCc1cccc(F)c1. The molecule has 0 saturated carbocycles. The van der Waals surface area contributed by atoms with E-state index < -0.39 is 30.1 Å². The summed E-state index contributed by atoms with van der Waals surface area (Å²) < 4.78 is 31.9. The third-order valence-corrected chi connectivity index (χ3v) is 4.63. The highest BCUT2D eigenvalue weighted by molar-refractivity contribution is 5.89. The minimum absolute atomic E-state index is 0.0107. The zero-order chi connectivity index (χ0) is 22.2. The van der Waals surface area contributed by atoms with Crippen LogP contribution < -0.4 is 16.0 Å². The largest absolute Gasteiger partial charge is 0.394 e. The van der Waals surface area contributed by atoms with E-state index in [0.29, 0.717) is 11.3 Å². The van der Waals surface area contributed by atoms with Gasteiger partial charge in [0.15, 0.2) is 0 Å². The standard InChI is InChI=1S/C22H23F2N3O4/c23-15-4-6-17(7-5-15)26-22(30)27-19-9-8-18(31-20(19)13-28)11-21(29)25-12-14-2-1-3-16(24)10-14/h1-10,18-20,28H,11-13H2,(H,25,29)(H2,26,27,30)/t18-,19-,20-/m0/s1. The summed E-state index contributed by atoms with van der Waals surface area (Å²) in [4.78, 5) is 24.3. The summed E-state index contributed by atoms with van der Waals surface area (Å²) in [6.45, 7) is -0.183. The predicted octanol–water partition coefficient (Wildman–Crippen LogP) is 2.48. The molecule has 0 radical (unpaired) electrons. The second-order valence-electron chi connectivity index (χ2n) is 7.02. The molecule has 1 aliphatic heterocycles. The van der Waals surface area contributed by atoms with Crippen LogP contribution in [0.4, 0.5) is 19.3 Å². The van der Waals surface area contributed by atoms with Crippen LogP contribution in [0.2, 0.25) is 0 Å². The highest BCUT2D eigenvalue weighted by Gasteiger charge is 2.29. The van der Waals surface area contributed by atoms with Crippen molar-refractivity contribution in [3.8, 4) is 0 Å². The van der Waals surface area contributed by atoms with Gasteiger partial charge >= 0.3 is 6.03 Å². The lowest BCUT2D eigenvalue weighted by atomic mass is 10.0. The number of anilines is 1. The Morgan fingerprint density at radius 2 is 1.81 bits per heavy atom. The van der Waals surface area contributed by atoms with Gasteiger partial charge in [0.05, 0.1) is 25.2 Å². The fourth-order valence-corrected chi connectivity index (χ4v) is 3.09. The van der Waals surface area contributed by atoms with Gasteiger partial charge < -0.3 is 25.8 Å². The Kier molecular flexibility index (Phi) is 7.69. The Bertz CT molecular complexity index is 937. The molecular weight excluding hydrogens is 408 g/mol. The zero-order valence-corrected chi connectivity index (χ0v) is 16.6. The number of amides is 3. The summed E-state index contributed by atoms with van der Waals surface area (Å²) in [5.74, 6) is -1.09. The number of rotatable bonds is 7. The first-order valence-corrected chi connectivity index (χ1v) is 9.72. The number of ether oxygens (including phenoxy) is 1. The zero-order valence-electron chi connectivity index (χ0n) is 16.6. The van der Waals surface area contributed by atoms with Crippen LogP contribution in [-0.2, 0) is 16.1 Å². The summed E-state index contributed by atoms with van der Waals surface area (Å²) in [7, 11) is 0. The summed E-state index contributed by atoms with van der Waals surface area (Å²) >= 11 is 0. The van der Waals surface area contributed by atoms with Crippen LogP contribution in [0.25, 0.3) is 0 Å². The van der Waals surface area contributed by atoms with Crippen LogP contribution in [0, 0.1) is 11.6 Å². The Morgan fingerprint density at radius 3 is 2.52 bits per heavy atom. The van der Waals surface area contributed by atoms with Crippen LogP contribution in [-0.4, -0.2) is 41.9 Å². The number of aliphatic hydroxyl groups is 1. The van der Waals surface area contributed by atoms with E-state index in [9.17, 15) is 23.5 Å². The highest BCUT2D eigenvalue weighted by atomic mass is 19.1. The maximum Gasteiger partial charge on any atom is 0.319 e. The van der Waals surface area contributed by atoms with Crippen molar-refractivity contribution in [3.63, 3.8) is 0 Å². The lowest BCUT2D eigenvalue weighted by molar-refractivity contribution is -0.125. The molecule has 2 aromatic carbocycles. The van der Waals surface area contributed by atoms with E-state index in [4.69, 9.17) is 4.74 Å². The number of halogens is 2. The van der Waals surface area contributed by atoms with E-state index in [1.165, 1.54) is 36.4 Å². The number of carbonyl (C=O) groups excluding carboxylic acids is 2. The lowest BCUT2D eigenvalue weighted by Crippen LogP contribution is -2.50. The number of nitrogens with one attached hydrogen (secondary N) is 3. The smallest absolute Gasteiger partial charge is 0.319 e. The molecule has 2 aromatic rings. The fraction of sp³-hybridized carbons (Fsp3) is 0.273. The van der Waals surface area contributed by atoms with Crippen molar-refractivity contribution in [1.29, 1.82) is 0 Å². The molecule has 3 rings (SSSR count). The quantitative estimate of drug-likeness (QED) is 0.506. The van der Waals surface area contributed by atoms with E-state index >= 15 is 0 Å². The number of hydrogen-bond donors (Lipinski definition) is 4. The molecule has 164 valence electrons. The second kappa shape index (κ2) is 10.6. The number of aliphatic hydroxyl groups excluding tert-OH is 1. The molecule has 3 amide bonds. The predicted molar refractivity (Wildman–Crippen MR) is 110 cm³/mol. The molecule has 0 saturated heterocycles. The summed E-state index contributed by atoms with van der Waals surface area (Å²) in [5.41, 5.74) is 1.05. The third-order valence-electron chi connectivity index (χ3n) is 4.63. The number of hydrogen-bond acceptors (Lipinski definition) is 4. The lowest BCUT2D eigenvalue weighted by Gasteiger charge is -2.31. The molecule has 0 spiro atoms. The van der Waals surface area contributed by atoms with E-state index in [0.717, 1.165) is 0 Å². The molecule has 31 heavy (non-hydrogen) atoms. The van der Waals surface area contributed by atoms with Crippen LogP contribution in [0.5, 0.6) is 0 Å². The Labute approximate surface area is 178 Å². The van der Waals surface area contributed by atoms with Gasteiger partial charge in [-0.3, -0.25) is 4.79 Å². The molecule has 0 aromatic heterocycles. The van der Waals surface area contributed by atoms with E-state index in [2.05, 4.69) is 16.0 Å². The van der Waals surface area contributed by atoms with Crippen molar-refractivity contribution in [1.82, 2.24) is 10.6 Å². The van der Waals surface area contributed by atoms with Crippen molar-refractivity contribution < 1.29 is 28.2 Å². The third kappa shape index (κ3) is 6.87. The molecule has 1 aliphatic rings. The van der Waals surface area contributed by atoms with Gasteiger partial charge in [0.1, 0.15) is 17.7 Å². The van der Waals surface area contributed by atoms with Gasteiger partial charge in [-0.15, -0.1) is 0 Å². The molecule has 0 aliphatic carbocycles. The highest BCUT2D eigenvalue weighted by Crippen LogP contribution is 2.16. The molecule has 4 N–H and O–H groups in total. The number of benzene rings is 2. The van der Waals surface area contributed by atoms with Crippen LogP contribution in [0.15, 0.2) is 60.7 Å². The summed E-state index contributed by atoms with van der Waals surface area (Å²) in [6, 6.07) is 10.1. The van der Waals surface area contributed by atoms with E-state index in [1.807, 2.05) is 0 Å². The normalized spacial score (nSPS) is 20.2. The molecular formula is C22H23F2N3O4. The molecule has 0 fully saturated rings. The van der Waals surface area contributed by atoms with Gasteiger partial charge in [-0.1, -0.05) is 24.3 Å². The van der Waals surface area contributed by atoms with Crippen LogP contribution in [0.1, 0.15) is 12.0 Å². The van der Waals surface area contributed by atoms with Gasteiger partial charge in [0.25, 0.3) is 0 Å².